The Kier molecular flexibility index (Phi) is 4.66. The number of carboxylic acid groups (broad SMARTS) is 2. The Bertz CT molecular complexity index is 633. The van der Waals surface area contributed by atoms with Crippen molar-refractivity contribution in [1.29, 1.82) is 0 Å². The molecule has 0 aliphatic rings. The molecule has 22 heavy (non-hydrogen) atoms. The Labute approximate surface area is 124 Å². The topological polar surface area (TPSA) is 118 Å². The van der Waals surface area contributed by atoms with Crippen LogP contribution in [0.5, 0.6) is 11.5 Å². The standard InChI is InChI=1S/C14H10N2O6/c17-13(18)9-1-5-11(6-2-9)21-15-16-22-12-7-3-10(4-8-12)14(19)20/h1-8H,(H,17,18)(H,19,20)/b16-15+. The first kappa shape index (κ1) is 15.0. The maximum absolute atomic E-state index is 10.7. The molecule has 2 aromatic carbocycles. The fourth-order valence-electron chi connectivity index (χ4n) is 1.44. The van der Waals surface area contributed by atoms with E-state index in [1.807, 2.05) is 0 Å². The van der Waals surface area contributed by atoms with Gasteiger partial charge in [-0.05, 0) is 48.5 Å². The maximum atomic E-state index is 10.7. The maximum Gasteiger partial charge on any atom is 0.335 e. The van der Waals surface area contributed by atoms with Crippen LogP contribution in [-0.2, 0) is 0 Å². The summed E-state index contributed by atoms with van der Waals surface area (Å²) >= 11 is 0. The number of carboxylic acids is 2. The van der Waals surface area contributed by atoms with Crippen molar-refractivity contribution >= 4 is 11.9 Å². The highest BCUT2D eigenvalue weighted by Gasteiger charge is 2.03. The van der Waals surface area contributed by atoms with Gasteiger partial charge < -0.3 is 19.9 Å². The van der Waals surface area contributed by atoms with Crippen LogP contribution < -0.4 is 9.68 Å². The number of carbonyl (C=O) groups is 2. The van der Waals surface area contributed by atoms with Crippen LogP contribution in [0.4, 0.5) is 0 Å². The molecule has 0 spiro atoms. The summed E-state index contributed by atoms with van der Waals surface area (Å²) in [5.74, 6) is -1.50. The quantitative estimate of drug-likeness (QED) is 0.625. The van der Waals surface area contributed by atoms with Crippen molar-refractivity contribution in [1.82, 2.24) is 0 Å². The summed E-state index contributed by atoms with van der Waals surface area (Å²) in [7, 11) is 0. The highest BCUT2D eigenvalue weighted by molar-refractivity contribution is 5.88. The minimum Gasteiger partial charge on any atom is -0.478 e. The second-order valence-electron chi connectivity index (χ2n) is 4.00. The molecular weight excluding hydrogens is 292 g/mol. The number of nitrogens with zero attached hydrogens (tertiary/aromatic N) is 2. The molecule has 0 saturated heterocycles. The summed E-state index contributed by atoms with van der Waals surface area (Å²) in [6.45, 7) is 0. The third-order valence-electron chi connectivity index (χ3n) is 2.53. The van der Waals surface area contributed by atoms with Gasteiger partial charge in [-0.15, -0.1) is 0 Å². The van der Waals surface area contributed by atoms with Gasteiger partial charge in [-0.3, -0.25) is 0 Å². The second-order valence-corrected chi connectivity index (χ2v) is 4.00. The van der Waals surface area contributed by atoms with Crippen LogP contribution in [0, 0.1) is 0 Å². The third kappa shape index (κ3) is 4.04. The van der Waals surface area contributed by atoms with E-state index in [0.717, 1.165) is 0 Å². The lowest BCUT2D eigenvalue weighted by Gasteiger charge is -1.99. The zero-order valence-corrected chi connectivity index (χ0v) is 11.0. The van der Waals surface area contributed by atoms with Gasteiger partial charge in [0.1, 0.15) is 0 Å². The normalized spacial score (nSPS) is 10.4. The van der Waals surface area contributed by atoms with Gasteiger partial charge in [-0.2, -0.15) is 0 Å². The average molecular weight is 302 g/mol. The monoisotopic (exact) mass is 302 g/mol. The summed E-state index contributed by atoms with van der Waals surface area (Å²) in [6.07, 6.45) is 0. The predicted octanol–water partition coefficient (Wildman–Crippen LogP) is 2.82. The van der Waals surface area contributed by atoms with E-state index in [4.69, 9.17) is 19.9 Å². The van der Waals surface area contributed by atoms with Gasteiger partial charge in [0.25, 0.3) is 0 Å². The van der Waals surface area contributed by atoms with Gasteiger partial charge in [-0.25, -0.2) is 9.59 Å². The third-order valence-corrected chi connectivity index (χ3v) is 2.53. The highest BCUT2D eigenvalue weighted by Crippen LogP contribution is 2.14. The van der Waals surface area contributed by atoms with Gasteiger partial charge >= 0.3 is 11.9 Å². The second kappa shape index (κ2) is 6.84. The van der Waals surface area contributed by atoms with Gasteiger partial charge in [-0.1, -0.05) is 0 Å². The van der Waals surface area contributed by atoms with Gasteiger partial charge in [0.15, 0.2) is 11.5 Å². The molecule has 0 bridgehead atoms. The van der Waals surface area contributed by atoms with Crippen molar-refractivity contribution in [2.24, 2.45) is 10.6 Å². The molecule has 2 aromatic rings. The Morgan fingerprint density at radius 2 is 1.00 bits per heavy atom. The number of benzene rings is 2. The summed E-state index contributed by atoms with van der Waals surface area (Å²) in [6, 6.07) is 11.1. The van der Waals surface area contributed by atoms with Crippen LogP contribution in [-0.4, -0.2) is 22.2 Å². The first-order chi connectivity index (χ1) is 10.6. The van der Waals surface area contributed by atoms with Crippen LogP contribution in [0.15, 0.2) is 59.1 Å². The van der Waals surface area contributed by atoms with E-state index in [9.17, 15) is 9.59 Å². The van der Waals surface area contributed by atoms with E-state index in [-0.39, 0.29) is 11.1 Å². The SMILES string of the molecule is O=C(O)c1ccc(O/N=N/Oc2ccc(C(=O)O)cc2)cc1. The van der Waals surface area contributed by atoms with Crippen LogP contribution in [0.25, 0.3) is 0 Å². The number of hydrogen-bond donors (Lipinski definition) is 2. The van der Waals surface area contributed by atoms with Crippen LogP contribution >= 0.6 is 0 Å². The zero-order valence-electron chi connectivity index (χ0n) is 11.0. The van der Waals surface area contributed by atoms with E-state index in [0.29, 0.717) is 11.5 Å². The van der Waals surface area contributed by atoms with Crippen molar-refractivity contribution in [3.63, 3.8) is 0 Å². The molecule has 0 radical (unpaired) electrons. The lowest BCUT2D eigenvalue weighted by atomic mass is 10.2. The van der Waals surface area contributed by atoms with E-state index in [1.165, 1.54) is 48.5 Å². The Morgan fingerprint density at radius 1 is 0.682 bits per heavy atom. The van der Waals surface area contributed by atoms with E-state index >= 15 is 0 Å². The molecule has 0 unspecified atom stereocenters. The fraction of sp³-hybridized carbons (Fsp3) is 0. The molecular formula is C14H10N2O6. The molecule has 0 atom stereocenters. The lowest BCUT2D eigenvalue weighted by molar-refractivity contribution is 0.0686. The summed E-state index contributed by atoms with van der Waals surface area (Å²) < 4.78 is 0. The molecule has 2 rings (SSSR count). The summed E-state index contributed by atoms with van der Waals surface area (Å²) in [4.78, 5) is 31.1. The lowest BCUT2D eigenvalue weighted by Crippen LogP contribution is -1.95. The molecule has 0 fully saturated rings. The summed E-state index contributed by atoms with van der Waals surface area (Å²) in [5, 5.41) is 24.1. The first-order valence-electron chi connectivity index (χ1n) is 5.97. The van der Waals surface area contributed by atoms with Crippen molar-refractivity contribution in [3.8, 4) is 11.5 Å². The van der Waals surface area contributed by atoms with Gasteiger partial charge in [0, 0.05) is 0 Å². The smallest absolute Gasteiger partial charge is 0.335 e. The molecule has 0 amide bonds. The predicted molar refractivity (Wildman–Crippen MR) is 72.9 cm³/mol. The van der Waals surface area contributed by atoms with Crippen molar-refractivity contribution < 1.29 is 29.5 Å². The zero-order chi connectivity index (χ0) is 15.9. The highest BCUT2D eigenvalue weighted by atomic mass is 16.7. The molecule has 0 heterocycles. The van der Waals surface area contributed by atoms with Crippen LogP contribution in [0.3, 0.4) is 0 Å². The van der Waals surface area contributed by atoms with Crippen molar-refractivity contribution in [2.45, 2.75) is 0 Å². The molecule has 8 nitrogen and oxygen atoms in total. The Morgan fingerprint density at radius 3 is 1.27 bits per heavy atom. The van der Waals surface area contributed by atoms with E-state index in [1.54, 1.807) is 0 Å². The van der Waals surface area contributed by atoms with E-state index in [2.05, 4.69) is 10.6 Å². The molecule has 112 valence electrons. The van der Waals surface area contributed by atoms with Gasteiger partial charge in [0.05, 0.1) is 21.7 Å². The number of rotatable bonds is 6. The fourth-order valence-corrected chi connectivity index (χ4v) is 1.44. The van der Waals surface area contributed by atoms with Crippen molar-refractivity contribution in [3.05, 3.63) is 59.7 Å². The average Bonchev–Trinajstić information content (AvgIpc) is 2.52. The van der Waals surface area contributed by atoms with Gasteiger partial charge in [0.2, 0.25) is 0 Å². The molecule has 0 aliphatic carbocycles. The molecule has 8 heteroatoms. The molecule has 0 aromatic heterocycles. The van der Waals surface area contributed by atoms with Crippen LogP contribution in [0.2, 0.25) is 0 Å². The number of hydrogen-bond acceptors (Lipinski definition) is 6. The first-order valence-corrected chi connectivity index (χ1v) is 5.97. The minimum atomic E-state index is -1.04. The Balaban J connectivity index is 1.87. The molecule has 2 N–H and O–H groups in total. The van der Waals surface area contributed by atoms with Crippen molar-refractivity contribution in [2.75, 3.05) is 0 Å². The Hall–Kier alpha value is -3.42. The van der Waals surface area contributed by atoms with Crippen LogP contribution in [0.1, 0.15) is 20.7 Å². The largest absolute Gasteiger partial charge is 0.478 e. The van der Waals surface area contributed by atoms with E-state index < -0.39 is 11.9 Å². The molecule has 0 saturated carbocycles. The molecule has 0 aliphatic heterocycles. The number of aromatic carboxylic acids is 2. The minimum absolute atomic E-state index is 0.124. The summed E-state index contributed by atoms with van der Waals surface area (Å²) in [5.41, 5.74) is 0.248.